The number of nitrogens with zero attached hydrogens (tertiary/aromatic N) is 1. The summed E-state index contributed by atoms with van der Waals surface area (Å²) in [6, 6.07) is 1.95. The molecule has 4 heteroatoms. The van der Waals surface area contributed by atoms with Crippen molar-refractivity contribution in [2.75, 3.05) is 0 Å². The zero-order valence-electron chi connectivity index (χ0n) is 14.1. The molecule has 0 saturated carbocycles. The zero-order chi connectivity index (χ0) is 17.0. The lowest BCUT2D eigenvalue weighted by molar-refractivity contribution is 0.292. The molecule has 0 saturated heterocycles. The van der Waals surface area contributed by atoms with Crippen LogP contribution in [0.25, 0.3) is 17.1 Å². The summed E-state index contributed by atoms with van der Waals surface area (Å²) in [5, 5.41) is 1.63. The average Bonchev–Trinajstić information content (AvgIpc) is 2.91. The van der Waals surface area contributed by atoms with Gasteiger partial charge in [-0.25, -0.2) is 9.37 Å². The molecule has 2 aromatic rings. The number of alkyl halides is 1. The van der Waals surface area contributed by atoms with E-state index in [9.17, 15) is 4.39 Å². The summed E-state index contributed by atoms with van der Waals surface area (Å²) in [4.78, 5) is 7.12. The van der Waals surface area contributed by atoms with Crippen LogP contribution in [-0.4, -0.2) is 16.1 Å². The second-order valence-electron chi connectivity index (χ2n) is 4.68. The first kappa shape index (κ1) is 20.6. The smallest absolute Gasteiger partial charge is 0.138 e. The molecule has 22 heavy (non-hydrogen) atoms. The van der Waals surface area contributed by atoms with Crippen LogP contribution in [0.4, 0.5) is 4.39 Å². The van der Waals surface area contributed by atoms with E-state index in [1.165, 1.54) is 0 Å². The zero-order valence-corrected chi connectivity index (χ0v) is 14.9. The van der Waals surface area contributed by atoms with Crippen molar-refractivity contribution in [1.82, 2.24) is 9.97 Å². The summed E-state index contributed by atoms with van der Waals surface area (Å²) in [6.07, 6.45) is 8.12. The van der Waals surface area contributed by atoms with Crippen molar-refractivity contribution in [3.63, 3.8) is 0 Å². The quantitative estimate of drug-likeness (QED) is 0.642. The molecule has 2 heterocycles. The van der Waals surface area contributed by atoms with Crippen LogP contribution in [0.2, 0.25) is 5.02 Å². The van der Waals surface area contributed by atoms with Crippen molar-refractivity contribution in [2.24, 2.45) is 0 Å². The SMILES string of the molecule is C=Cc1cnc2[nH]cc(Cl)c2c1.CC.CCCC(F)CCC. The van der Waals surface area contributed by atoms with Gasteiger partial charge in [0.1, 0.15) is 11.8 Å². The Morgan fingerprint density at radius 1 is 1.32 bits per heavy atom. The molecule has 1 N–H and O–H groups in total. The van der Waals surface area contributed by atoms with E-state index in [4.69, 9.17) is 11.6 Å². The Kier molecular flexibility index (Phi) is 11.5. The van der Waals surface area contributed by atoms with Gasteiger partial charge in [-0.2, -0.15) is 0 Å². The van der Waals surface area contributed by atoms with Gasteiger partial charge in [0.25, 0.3) is 0 Å². The summed E-state index contributed by atoms with van der Waals surface area (Å²) in [5.74, 6) is 0. The van der Waals surface area contributed by atoms with E-state index in [-0.39, 0.29) is 0 Å². The van der Waals surface area contributed by atoms with Gasteiger partial charge in [-0.15, -0.1) is 0 Å². The van der Waals surface area contributed by atoms with Gasteiger partial charge in [-0.3, -0.25) is 0 Å². The first-order valence-corrected chi connectivity index (χ1v) is 8.39. The predicted molar refractivity (Wildman–Crippen MR) is 97.3 cm³/mol. The Hall–Kier alpha value is -1.35. The van der Waals surface area contributed by atoms with E-state index < -0.39 is 6.17 Å². The molecular weight excluding hydrogens is 299 g/mol. The van der Waals surface area contributed by atoms with Crippen LogP contribution in [0.3, 0.4) is 0 Å². The number of halogens is 2. The van der Waals surface area contributed by atoms with Crippen LogP contribution < -0.4 is 0 Å². The minimum absolute atomic E-state index is 0.537. The largest absolute Gasteiger partial charge is 0.345 e. The Labute approximate surface area is 138 Å². The minimum Gasteiger partial charge on any atom is -0.345 e. The van der Waals surface area contributed by atoms with Gasteiger partial charge >= 0.3 is 0 Å². The highest BCUT2D eigenvalue weighted by atomic mass is 35.5. The van der Waals surface area contributed by atoms with Gasteiger partial charge in [0.15, 0.2) is 0 Å². The van der Waals surface area contributed by atoms with E-state index in [0.29, 0.717) is 5.02 Å². The highest BCUT2D eigenvalue weighted by molar-refractivity contribution is 6.35. The monoisotopic (exact) mass is 326 g/mol. The molecular formula is C18H28ClFN2. The third kappa shape index (κ3) is 7.08. The fourth-order valence-corrected chi connectivity index (χ4v) is 2.07. The highest BCUT2D eigenvalue weighted by Crippen LogP contribution is 2.22. The van der Waals surface area contributed by atoms with Gasteiger partial charge in [-0.1, -0.05) is 64.8 Å². The van der Waals surface area contributed by atoms with E-state index in [1.807, 2.05) is 33.8 Å². The summed E-state index contributed by atoms with van der Waals surface area (Å²) in [7, 11) is 0. The molecule has 0 unspecified atom stereocenters. The number of H-pyrrole nitrogens is 1. The van der Waals surface area contributed by atoms with Crippen LogP contribution in [0, 0.1) is 0 Å². The van der Waals surface area contributed by atoms with E-state index >= 15 is 0 Å². The maximum atomic E-state index is 12.4. The molecule has 2 aromatic heterocycles. The molecule has 2 rings (SSSR count). The molecule has 0 atom stereocenters. The highest BCUT2D eigenvalue weighted by Gasteiger charge is 2.01. The van der Waals surface area contributed by atoms with Crippen LogP contribution >= 0.6 is 11.6 Å². The van der Waals surface area contributed by atoms with Gasteiger partial charge in [0.05, 0.1) is 5.02 Å². The number of pyridine rings is 1. The molecule has 0 aliphatic rings. The van der Waals surface area contributed by atoms with E-state index in [0.717, 1.165) is 42.3 Å². The lowest BCUT2D eigenvalue weighted by Gasteiger charge is -2.01. The third-order valence-corrected chi connectivity index (χ3v) is 3.25. The lowest BCUT2D eigenvalue weighted by Crippen LogP contribution is -1.96. The molecule has 0 aromatic carbocycles. The maximum Gasteiger partial charge on any atom is 0.138 e. The van der Waals surface area contributed by atoms with Crippen LogP contribution in [0.1, 0.15) is 58.9 Å². The molecule has 124 valence electrons. The molecule has 0 aliphatic heterocycles. The van der Waals surface area contributed by atoms with Crippen molar-refractivity contribution in [3.8, 4) is 0 Å². The maximum absolute atomic E-state index is 12.4. The molecule has 2 nitrogen and oxygen atoms in total. The first-order chi connectivity index (χ1) is 10.6. The summed E-state index contributed by atoms with van der Waals surface area (Å²) >= 11 is 5.90. The van der Waals surface area contributed by atoms with Crippen molar-refractivity contribution >= 4 is 28.7 Å². The van der Waals surface area contributed by atoms with E-state index in [1.54, 1.807) is 18.5 Å². The van der Waals surface area contributed by atoms with E-state index in [2.05, 4.69) is 16.5 Å². The fourth-order valence-electron chi connectivity index (χ4n) is 1.87. The second-order valence-corrected chi connectivity index (χ2v) is 5.09. The Morgan fingerprint density at radius 2 is 1.91 bits per heavy atom. The van der Waals surface area contributed by atoms with Crippen molar-refractivity contribution in [3.05, 3.63) is 35.6 Å². The molecule has 0 aliphatic carbocycles. The predicted octanol–water partition coefficient (Wildman–Crippen LogP) is 6.81. The van der Waals surface area contributed by atoms with Gasteiger partial charge in [-0.05, 0) is 24.5 Å². The van der Waals surface area contributed by atoms with Gasteiger partial charge in [0, 0.05) is 17.8 Å². The minimum atomic E-state index is -0.537. The van der Waals surface area contributed by atoms with Crippen LogP contribution in [-0.2, 0) is 0 Å². The van der Waals surface area contributed by atoms with Crippen LogP contribution in [0.5, 0.6) is 0 Å². The number of nitrogens with one attached hydrogen (secondary N) is 1. The van der Waals surface area contributed by atoms with Crippen molar-refractivity contribution in [1.29, 1.82) is 0 Å². The fraction of sp³-hybridized carbons (Fsp3) is 0.500. The molecule has 0 spiro atoms. The summed E-state index contributed by atoms with van der Waals surface area (Å²) in [5.41, 5.74) is 1.79. The van der Waals surface area contributed by atoms with Gasteiger partial charge < -0.3 is 4.98 Å². The average molecular weight is 327 g/mol. The number of fused-ring (bicyclic) bond motifs is 1. The Bertz CT molecular complexity index is 531. The van der Waals surface area contributed by atoms with Gasteiger partial charge in [0.2, 0.25) is 0 Å². The van der Waals surface area contributed by atoms with Crippen LogP contribution in [0.15, 0.2) is 25.0 Å². The summed E-state index contributed by atoms with van der Waals surface area (Å²) < 4.78 is 12.4. The van der Waals surface area contributed by atoms with Crippen molar-refractivity contribution < 1.29 is 4.39 Å². The van der Waals surface area contributed by atoms with Crippen molar-refractivity contribution in [2.45, 2.75) is 59.5 Å². The lowest BCUT2D eigenvalue weighted by atomic mass is 10.1. The second kappa shape index (κ2) is 12.2. The molecule has 0 fully saturated rings. The number of aromatic amines is 1. The topological polar surface area (TPSA) is 28.7 Å². The summed E-state index contributed by atoms with van der Waals surface area (Å²) in [6.45, 7) is 11.7. The number of aromatic nitrogens is 2. The normalized spacial score (nSPS) is 9.77. The molecule has 0 amide bonds. The first-order valence-electron chi connectivity index (χ1n) is 8.01. The molecule has 0 radical (unpaired) electrons. The number of hydrogen-bond donors (Lipinski definition) is 1. The standard InChI is InChI=1S/C9H7ClN2.C7H15F.C2H6/c1-2-6-3-7-8(10)5-12-9(7)11-4-6;1-3-5-7(8)6-4-2;1-2/h2-5H,1H2,(H,11,12);7H,3-6H2,1-2H3;1-2H3. The Balaban J connectivity index is 0.000000388. The Morgan fingerprint density at radius 3 is 2.41 bits per heavy atom. The number of hydrogen-bond acceptors (Lipinski definition) is 1. The number of rotatable bonds is 5. The third-order valence-electron chi connectivity index (χ3n) is 2.94. The molecule has 0 bridgehead atoms.